The molecule has 0 rings (SSSR count). The van der Waals surface area contributed by atoms with Crippen molar-refractivity contribution in [3.8, 4) is 0 Å². The topological polar surface area (TPSA) is 9.23 Å². The molecule has 0 bridgehead atoms. The highest BCUT2D eigenvalue weighted by Gasteiger charge is 2.04. The molecule has 0 fully saturated rings. The smallest absolute Gasteiger partial charge is 0.261 e. The summed E-state index contributed by atoms with van der Waals surface area (Å²) in [6.45, 7) is -3.26. The lowest BCUT2D eigenvalue weighted by atomic mass is 10.7. The molecule has 0 heterocycles. The Bertz CT molecular complexity index is 70.6. The molecule has 0 aromatic heterocycles. The van der Waals surface area contributed by atoms with Gasteiger partial charge in [-0.15, -0.1) is 0 Å². The van der Waals surface area contributed by atoms with Gasteiger partial charge in [-0.2, -0.15) is 0 Å². The zero-order chi connectivity index (χ0) is 12.0. The fourth-order valence-electron chi connectivity index (χ4n) is 0.205. The van der Waals surface area contributed by atoms with Crippen LogP contribution in [0.5, 0.6) is 0 Å². The van der Waals surface area contributed by atoms with Crippen LogP contribution < -0.4 is 0 Å². The Morgan fingerprint density at radius 1 is 0.929 bits per heavy atom. The van der Waals surface area contributed by atoms with Crippen molar-refractivity contribution in [2.75, 3.05) is 20.5 Å². The van der Waals surface area contributed by atoms with Crippen molar-refractivity contribution < 1.29 is 35.5 Å². The van der Waals surface area contributed by atoms with Crippen LogP contribution in [0.15, 0.2) is 0 Å². The minimum atomic E-state index is -2.58. The molecule has 0 radical (unpaired) electrons. The molecule has 0 N–H and O–H groups in total. The van der Waals surface area contributed by atoms with E-state index in [-0.39, 0.29) is 0 Å². The van der Waals surface area contributed by atoms with Crippen molar-refractivity contribution in [3.63, 3.8) is 0 Å². The molecule has 90 valence electrons. The summed E-state index contributed by atoms with van der Waals surface area (Å²) >= 11 is 0. The summed E-state index contributed by atoms with van der Waals surface area (Å²) in [6, 6.07) is 0. The first-order valence-electron chi connectivity index (χ1n) is 3.23. The van der Waals surface area contributed by atoms with Crippen LogP contribution in [0.25, 0.3) is 0 Å². The third-order valence-corrected chi connectivity index (χ3v) is 0.452. The fraction of sp³-hybridized carbons (Fsp3) is 1.00. The maximum Gasteiger partial charge on any atom is 0.261 e. The first kappa shape index (κ1) is 19.1. The summed E-state index contributed by atoms with van der Waals surface area (Å²) in [4.78, 5) is 0. The van der Waals surface area contributed by atoms with Crippen molar-refractivity contribution >= 4 is 0 Å². The van der Waals surface area contributed by atoms with Gasteiger partial charge in [0.05, 0.1) is 0 Å². The lowest BCUT2D eigenvalue weighted by Gasteiger charge is -2.01. The van der Waals surface area contributed by atoms with Gasteiger partial charge in [-0.1, -0.05) is 0 Å². The Labute approximate surface area is 76.8 Å². The van der Waals surface area contributed by atoms with Crippen LogP contribution >= 0.6 is 0 Å². The molecule has 0 aliphatic heterocycles. The molecule has 0 aromatic carbocycles. The molecule has 1 nitrogen and oxygen atoms in total. The zero-order valence-electron chi connectivity index (χ0n) is 7.33. The van der Waals surface area contributed by atoms with Gasteiger partial charge in [0.1, 0.15) is 6.61 Å². The largest absolute Gasteiger partial charge is 0.342 e. The lowest BCUT2D eigenvalue weighted by molar-refractivity contribution is -0.0717. The van der Waals surface area contributed by atoms with E-state index in [1.54, 1.807) is 0 Å². The Balaban J connectivity index is -0.000000168. The highest BCUT2D eigenvalue weighted by molar-refractivity contribution is 4.33. The minimum Gasteiger partial charge on any atom is -0.342 e. The summed E-state index contributed by atoms with van der Waals surface area (Å²) in [5.41, 5.74) is 0. The van der Waals surface area contributed by atoms with Gasteiger partial charge in [-0.05, 0) is 6.92 Å². The van der Waals surface area contributed by atoms with Crippen LogP contribution in [-0.2, 0) is 4.74 Å². The number of hydrogen-bond acceptors (Lipinski definition) is 1. The van der Waals surface area contributed by atoms with Gasteiger partial charge in [0, 0.05) is 0 Å². The number of ether oxygens (including phenoxy) is 1. The van der Waals surface area contributed by atoms with Crippen LogP contribution in [0.4, 0.5) is 30.7 Å². The summed E-state index contributed by atoms with van der Waals surface area (Å²) in [5.74, 6) is 0. The summed E-state index contributed by atoms with van der Waals surface area (Å²) in [5, 5.41) is 0. The van der Waals surface area contributed by atoms with E-state index in [2.05, 4.69) is 4.74 Å². The average Bonchev–Trinajstić information content (AvgIpc) is 2.04. The second-order valence-electron chi connectivity index (χ2n) is 1.47. The molecule has 0 aromatic rings. The van der Waals surface area contributed by atoms with Gasteiger partial charge in [-0.25, -0.2) is 30.7 Å². The molecule has 0 saturated heterocycles. The molecule has 0 aliphatic carbocycles. The monoisotopic (exact) mass is 232 g/mol. The third-order valence-electron chi connectivity index (χ3n) is 0.452. The number of halogens is 7. The molecule has 14 heavy (non-hydrogen) atoms. The molecule has 0 saturated carbocycles. The first-order valence-corrected chi connectivity index (χ1v) is 3.23. The Morgan fingerprint density at radius 3 is 1.29 bits per heavy atom. The second kappa shape index (κ2) is 18.3. The van der Waals surface area contributed by atoms with E-state index in [0.717, 1.165) is 6.92 Å². The molecule has 1 atom stereocenters. The number of rotatable bonds is 3. The quantitative estimate of drug-likeness (QED) is 0.678. The number of alkyl halides is 7. The maximum absolute atomic E-state index is 11.5. The van der Waals surface area contributed by atoms with E-state index in [4.69, 9.17) is 0 Å². The summed E-state index contributed by atoms with van der Waals surface area (Å²) in [6.07, 6.45) is -4.17. The minimum absolute atomic E-state index is 0.822. The molecule has 0 aliphatic rings. The lowest BCUT2D eigenvalue weighted by Crippen LogP contribution is -2.08. The van der Waals surface area contributed by atoms with Crippen LogP contribution in [0.1, 0.15) is 6.92 Å². The third kappa shape index (κ3) is 62.9. The van der Waals surface area contributed by atoms with E-state index in [0.29, 0.717) is 0 Å². The van der Waals surface area contributed by atoms with E-state index < -0.39 is 33.2 Å². The SMILES string of the molecule is CC(F)OCC(F)F.FCF.FCF. The molecular formula is C6H11F7O. The van der Waals surface area contributed by atoms with Crippen LogP contribution in [0, 0.1) is 0 Å². The van der Waals surface area contributed by atoms with Gasteiger partial charge >= 0.3 is 0 Å². The van der Waals surface area contributed by atoms with Crippen molar-refractivity contribution in [3.05, 3.63) is 0 Å². The molecule has 1 unspecified atom stereocenters. The van der Waals surface area contributed by atoms with Gasteiger partial charge in [-0.3, -0.25) is 0 Å². The van der Waals surface area contributed by atoms with Gasteiger partial charge < -0.3 is 4.74 Å². The first-order chi connectivity index (χ1) is 6.45. The standard InChI is InChI=1S/C4H7F3O.2CH2F2/c1-3(5)8-2-4(6)7;2*2-1-3/h3-4H,2H2,1H3;2*1H2. The summed E-state index contributed by atoms with van der Waals surface area (Å²) in [7, 11) is 0. The van der Waals surface area contributed by atoms with Crippen LogP contribution in [0.2, 0.25) is 0 Å². The molecule has 0 spiro atoms. The molecular weight excluding hydrogens is 221 g/mol. The van der Waals surface area contributed by atoms with Crippen molar-refractivity contribution in [2.45, 2.75) is 19.7 Å². The van der Waals surface area contributed by atoms with E-state index in [1.807, 2.05) is 0 Å². The Hall–Kier alpha value is -0.530. The Morgan fingerprint density at radius 2 is 1.21 bits per heavy atom. The second-order valence-corrected chi connectivity index (χ2v) is 1.47. The predicted molar refractivity (Wildman–Crippen MR) is 36.7 cm³/mol. The van der Waals surface area contributed by atoms with E-state index in [9.17, 15) is 30.7 Å². The highest BCUT2D eigenvalue weighted by atomic mass is 19.3. The van der Waals surface area contributed by atoms with Crippen molar-refractivity contribution in [1.82, 2.24) is 0 Å². The summed E-state index contributed by atoms with van der Waals surface area (Å²) < 4.78 is 76.1. The van der Waals surface area contributed by atoms with E-state index in [1.165, 1.54) is 0 Å². The zero-order valence-corrected chi connectivity index (χ0v) is 7.33. The highest BCUT2D eigenvalue weighted by Crippen LogP contribution is 1.96. The molecule has 0 amide bonds. The van der Waals surface area contributed by atoms with E-state index >= 15 is 0 Å². The number of hydrogen-bond donors (Lipinski definition) is 0. The molecule has 8 heteroatoms. The normalized spacial score (nSPS) is 10.9. The van der Waals surface area contributed by atoms with Crippen molar-refractivity contribution in [1.29, 1.82) is 0 Å². The average molecular weight is 232 g/mol. The van der Waals surface area contributed by atoms with Crippen LogP contribution in [0.3, 0.4) is 0 Å². The fourth-order valence-corrected chi connectivity index (χ4v) is 0.205. The predicted octanol–water partition coefficient (Wildman–Crippen LogP) is 3.35. The Kier molecular flexibility index (Phi) is 25.0. The van der Waals surface area contributed by atoms with Gasteiger partial charge in [0.25, 0.3) is 6.43 Å². The van der Waals surface area contributed by atoms with Gasteiger partial charge in [0.15, 0.2) is 6.36 Å². The maximum atomic E-state index is 11.5. The van der Waals surface area contributed by atoms with Crippen LogP contribution in [-0.4, -0.2) is 33.2 Å². The van der Waals surface area contributed by atoms with Gasteiger partial charge in [0.2, 0.25) is 13.9 Å². The van der Waals surface area contributed by atoms with Crippen molar-refractivity contribution in [2.24, 2.45) is 0 Å².